The molecule has 16 atom stereocenters. The predicted molar refractivity (Wildman–Crippen MR) is 227 cm³/mol. The Bertz CT molecular complexity index is 1730. The van der Waals surface area contributed by atoms with Crippen LogP contribution in [0.1, 0.15) is 86.8 Å². The predicted octanol–water partition coefficient (Wildman–Crippen LogP) is 2.16. The number of allylic oxidation sites excluding steroid dienone is 3. The molecular formula is C44H73FN6O12. The summed E-state index contributed by atoms with van der Waals surface area (Å²) in [4.78, 5) is 31.3. The van der Waals surface area contributed by atoms with Crippen LogP contribution in [0.15, 0.2) is 30.1 Å². The molecular weight excluding hydrogens is 824 g/mol. The molecule has 4 aliphatic rings. The van der Waals surface area contributed by atoms with Gasteiger partial charge in [-0.2, -0.15) is 0 Å². The molecule has 19 heteroatoms. The number of carbonyl (C=O) groups is 2. The second kappa shape index (κ2) is 21.5. The maximum absolute atomic E-state index is 13.9. The monoisotopic (exact) mass is 897 g/mol. The van der Waals surface area contributed by atoms with Crippen LogP contribution in [0.3, 0.4) is 0 Å². The zero-order valence-electron chi connectivity index (χ0n) is 38.6. The number of ether oxygens (including phenoxy) is 5. The van der Waals surface area contributed by atoms with E-state index in [-0.39, 0.29) is 57.6 Å². The number of halogens is 1. The zero-order chi connectivity index (χ0) is 46.6. The fraction of sp³-hybridized carbons (Fsp3) is 0.818. The van der Waals surface area contributed by atoms with Crippen LogP contribution in [-0.2, 0) is 41.6 Å². The molecule has 3 aliphatic heterocycles. The van der Waals surface area contributed by atoms with Crippen LogP contribution in [-0.4, -0.2) is 186 Å². The van der Waals surface area contributed by atoms with Crippen LogP contribution >= 0.6 is 0 Å². The molecule has 18 nitrogen and oxygen atoms in total. The van der Waals surface area contributed by atoms with Gasteiger partial charge in [-0.05, 0) is 86.0 Å². The summed E-state index contributed by atoms with van der Waals surface area (Å²) in [6.45, 7) is 15.4. The summed E-state index contributed by atoms with van der Waals surface area (Å²) < 4.78 is 45.4. The molecule has 1 unspecified atom stereocenters. The highest BCUT2D eigenvalue weighted by Crippen LogP contribution is 2.37. The van der Waals surface area contributed by atoms with E-state index in [0.717, 1.165) is 0 Å². The van der Waals surface area contributed by atoms with E-state index >= 15 is 0 Å². The number of esters is 1. The summed E-state index contributed by atoms with van der Waals surface area (Å²) in [6.07, 6.45) is -2.09. The zero-order valence-corrected chi connectivity index (χ0v) is 38.6. The van der Waals surface area contributed by atoms with E-state index in [1.807, 2.05) is 37.7 Å². The van der Waals surface area contributed by atoms with E-state index in [1.54, 1.807) is 50.7 Å². The number of hydrogen-bond donors (Lipinski definition) is 5. The molecule has 0 radical (unpaired) electrons. The molecule has 1 aliphatic carbocycles. The first-order valence-corrected chi connectivity index (χ1v) is 22.4. The Labute approximate surface area is 370 Å². The summed E-state index contributed by atoms with van der Waals surface area (Å²) in [5.41, 5.74) is -2.35. The van der Waals surface area contributed by atoms with Crippen molar-refractivity contribution in [1.82, 2.24) is 29.7 Å². The van der Waals surface area contributed by atoms with Crippen molar-refractivity contribution in [2.75, 3.05) is 40.3 Å². The van der Waals surface area contributed by atoms with E-state index in [9.17, 15) is 39.5 Å². The maximum Gasteiger partial charge on any atom is 0.414 e. The van der Waals surface area contributed by atoms with Crippen molar-refractivity contribution in [2.24, 2.45) is 17.8 Å². The van der Waals surface area contributed by atoms with Gasteiger partial charge in [0.2, 0.25) is 0 Å². The first-order chi connectivity index (χ1) is 29.5. The minimum absolute atomic E-state index is 0.160. The van der Waals surface area contributed by atoms with Crippen LogP contribution in [0.25, 0.3) is 0 Å². The fourth-order valence-corrected chi connectivity index (χ4v) is 9.55. The van der Waals surface area contributed by atoms with Crippen LogP contribution in [0.5, 0.6) is 0 Å². The molecule has 0 bridgehead atoms. The number of likely N-dealkylation sites (N-methyl/N-ethyl adjacent to an activating group) is 2. The summed E-state index contributed by atoms with van der Waals surface area (Å²) in [7, 11) is 3.67. The first kappa shape index (κ1) is 50.9. The number of amides is 1. The smallest absolute Gasteiger partial charge is 0.414 e. The van der Waals surface area contributed by atoms with E-state index < -0.39 is 96.3 Å². The highest BCUT2D eigenvalue weighted by atomic mass is 19.1. The fourth-order valence-electron chi connectivity index (χ4n) is 9.55. The van der Waals surface area contributed by atoms with Gasteiger partial charge in [-0.3, -0.25) is 14.6 Å². The van der Waals surface area contributed by atoms with Gasteiger partial charge in [-0.15, -0.1) is 5.10 Å². The summed E-state index contributed by atoms with van der Waals surface area (Å²) in [6, 6.07) is -0.990. The van der Waals surface area contributed by atoms with Gasteiger partial charge >= 0.3 is 12.1 Å². The van der Waals surface area contributed by atoms with Gasteiger partial charge in [0.1, 0.15) is 41.9 Å². The molecule has 1 aromatic heterocycles. The van der Waals surface area contributed by atoms with Gasteiger partial charge in [0.05, 0.1) is 62.3 Å². The van der Waals surface area contributed by atoms with E-state index in [2.05, 4.69) is 10.3 Å². The average molecular weight is 897 g/mol. The first-order valence-electron chi connectivity index (χ1n) is 22.4. The van der Waals surface area contributed by atoms with Crippen molar-refractivity contribution in [3.05, 3.63) is 35.8 Å². The maximum atomic E-state index is 13.9. The molecule has 5 N–H and O–H groups in total. The molecule has 0 spiro atoms. The minimum Gasteiger partial charge on any atom is -0.459 e. The van der Waals surface area contributed by atoms with Crippen molar-refractivity contribution < 1.29 is 63.2 Å². The lowest BCUT2D eigenvalue weighted by molar-refractivity contribution is -0.300. The Morgan fingerprint density at radius 1 is 1.05 bits per heavy atom. The van der Waals surface area contributed by atoms with Crippen LogP contribution < -0.4 is 0 Å². The van der Waals surface area contributed by atoms with Gasteiger partial charge in [0, 0.05) is 43.2 Å². The van der Waals surface area contributed by atoms with Crippen molar-refractivity contribution in [2.45, 2.75) is 173 Å². The van der Waals surface area contributed by atoms with Crippen molar-refractivity contribution in [3.63, 3.8) is 0 Å². The molecule has 1 aromatic rings. The molecule has 4 heterocycles. The third-order valence-corrected chi connectivity index (χ3v) is 13.4. The molecule has 0 saturated carbocycles. The van der Waals surface area contributed by atoms with Crippen LogP contribution in [0.4, 0.5) is 9.18 Å². The Hall–Kier alpha value is -3.11. The number of carbonyl (C=O) groups excluding carboxylic acids is 2. The number of aliphatic hydroxyl groups is 5. The molecule has 0 aromatic carbocycles. The van der Waals surface area contributed by atoms with Gasteiger partial charge < -0.3 is 54.1 Å². The Balaban J connectivity index is 1.20. The van der Waals surface area contributed by atoms with Gasteiger partial charge in [-0.25, -0.2) is 13.9 Å². The van der Waals surface area contributed by atoms with Gasteiger partial charge in [0.25, 0.3) is 0 Å². The van der Waals surface area contributed by atoms with Crippen molar-refractivity contribution >= 4 is 12.1 Å². The number of rotatable bonds is 12. The molecule has 1 amide bonds. The number of aliphatic hydroxyl groups excluding tert-OH is 3. The molecule has 3 fully saturated rings. The van der Waals surface area contributed by atoms with E-state index in [0.29, 0.717) is 30.9 Å². The number of alkyl halides is 1. The highest BCUT2D eigenvalue weighted by Gasteiger charge is 2.50. The second-order valence-electron chi connectivity index (χ2n) is 19.0. The molecule has 63 heavy (non-hydrogen) atoms. The number of hydrogen-bond acceptors (Lipinski definition) is 16. The lowest BCUT2D eigenvalue weighted by Crippen LogP contribution is -2.59. The molecule has 5 rings (SSSR count). The second-order valence-corrected chi connectivity index (χ2v) is 19.0. The van der Waals surface area contributed by atoms with Crippen LogP contribution in [0, 0.1) is 17.8 Å². The van der Waals surface area contributed by atoms with Crippen molar-refractivity contribution in [1.29, 1.82) is 0 Å². The summed E-state index contributed by atoms with van der Waals surface area (Å²) in [5, 5.41) is 66.9. The summed E-state index contributed by atoms with van der Waals surface area (Å²) in [5.74, 6) is -2.93. The highest BCUT2D eigenvalue weighted by molar-refractivity contribution is 5.73. The lowest BCUT2D eigenvalue weighted by atomic mass is 9.78. The summed E-state index contributed by atoms with van der Waals surface area (Å²) >= 11 is 0. The SMILES string of the molecule is CC[C@H]1OC(=O)[C@H](C)[C@@H](O)[C@H](C)[C@@H](O[C@@H]2O[C@H](C)C[C@H](N(C)CCOCc3cn(C[C@H]4CN(C5=CC(F)CC=C5)C(=O)O4)nn3)[C@H]2O)[C@](C)(O)C[C@@H](C)CN(C)[C@H](C)[C@@H](O)[C@]1(C)O. The number of aromatic nitrogens is 3. The Morgan fingerprint density at radius 2 is 1.76 bits per heavy atom. The Morgan fingerprint density at radius 3 is 2.44 bits per heavy atom. The van der Waals surface area contributed by atoms with Crippen LogP contribution in [0.2, 0.25) is 0 Å². The average Bonchev–Trinajstić information content (AvgIpc) is 3.83. The molecule has 3 saturated heterocycles. The standard InChI is InChI=1S/C44H73FN6O12/c1-11-35-44(8,58)38(54)29(6)49(10)20-25(2)19-43(7,57)39(27(4)36(52)28(5)40(55)62-35)63-41-37(53)34(17-26(3)60-41)48(9)15-16-59-24-31-21-50(47-46-31)22-33-23-51(42(56)61-33)32-14-12-13-30(45)18-32/h12,14,18,21,25-30,33-39,41,52-54,57-58H,11,13,15-17,19-20,22-24H2,1-10H3/t25-,26-,27+,28-,29-,30?,33+,34+,35-,36+,37-,38-,39-,41+,43-,44-/m1/s1. The van der Waals surface area contributed by atoms with Gasteiger partial charge in [-0.1, -0.05) is 32.1 Å². The van der Waals surface area contributed by atoms with Crippen molar-refractivity contribution in [3.8, 4) is 0 Å². The Kier molecular flexibility index (Phi) is 17.3. The van der Waals surface area contributed by atoms with Gasteiger partial charge in [0.15, 0.2) is 6.29 Å². The largest absolute Gasteiger partial charge is 0.459 e. The topological polar surface area (TPSA) is 222 Å². The third kappa shape index (κ3) is 12.4. The normalized spacial score (nSPS) is 40.3. The minimum atomic E-state index is -1.80. The lowest BCUT2D eigenvalue weighted by Gasteiger charge is -2.47. The third-order valence-electron chi connectivity index (χ3n) is 13.4. The van der Waals surface area contributed by atoms with E-state index in [4.69, 9.17) is 23.7 Å². The number of cyclic esters (lactones) is 2. The molecule has 358 valence electrons. The quantitative estimate of drug-likeness (QED) is 0.150. The van der Waals surface area contributed by atoms with E-state index in [1.165, 1.54) is 24.8 Å². The number of nitrogens with zero attached hydrogens (tertiary/aromatic N) is 6.